The van der Waals surface area contributed by atoms with Crippen LogP contribution < -0.4 is 5.32 Å². The van der Waals surface area contributed by atoms with Crippen molar-refractivity contribution in [3.8, 4) is 0 Å². The number of aliphatic hydroxyl groups excluding tert-OH is 3. The summed E-state index contributed by atoms with van der Waals surface area (Å²) in [6.45, 7) is 4.21. The Kier molecular flexibility index (Phi) is 49.5. The van der Waals surface area contributed by atoms with Crippen LogP contribution in [0.15, 0.2) is 24.3 Å². The maximum Gasteiger partial charge on any atom is 0.220 e. The van der Waals surface area contributed by atoms with Crippen LogP contribution in [0.1, 0.15) is 296 Å². The Morgan fingerprint density at radius 3 is 1.05 bits per heavy atom. The third-order valence-corrected chi connectivity index (χ3v) is 12.8. The minimum Gasteiger partial charge on any atom is -0.394 e. The third kappa shape index (κ3) is 44.9. The van der Waals surface area contributed by atoms with E-state index in [-0.39, 0.29) is 12.5 Å². The Hall–Kier alpha value is -1.17. The maximum absolute atomic E-state index is 12.5. The zero-order chi connectivity index (χ0) is 43.7. The van der Waals surface area contributed by atoms with Crippen LogP contribution in [0.5, 0.6) is 0 Å². The molecule has 0 aromatic rings. The highest BCUT2D eigenvalue weighted by atomic mass is 16.3. The molecule has 0 aliphatic rings. The number of aliphatic hydroxyl groups is 3. The molecule has 5 heteroatoms. The number of rotatable bonds is 50. The van der Waals surface area contributed by atoms with Gasteiger partial charge in [-0.25, -0.2) is 0 Å². The topological polar surface area (TPSA) is 89.8 Å². The van der Waals surface area contributed by atoms with Crippen LogP contribution in [0.3, 0.4) is 0 Å². The molecule has 60 heavy (non-hydrogen) atoms. The fourth-order valence-electron chi connectivity index (χ4n) is 8.61. The number of hydrogen-bond donors (Lipinski definition) is 4. The quantitative estimate of drug-likeness (QED) is 0.0363. The lowest BCUT2D eigenvalue weighted by Crippen LogP contribution is -2.50. The average molecular weight is 846 g/mol. The average Bonchev–Trinajstić information content (AvgIpc) is 3.25. The van der Waals surface area contributed by atoms with E-state index < -0.39 is 18.2 Å². The zero-order valence-corrected chi connectivity index (χ0v) is 40.6. The molecule has 3 unspecified atom stereocenters. The van der Waals surface area contributed by atoms with Gasteiger partial charge in [-0.1, -0.05) is 269 Å². The number of hydrogen-bond acceptors (Lipinski definition) is 4. The van der Waals surface area contributed by atoms with Crippen LogP contribution in [-0.2, 0) is 4.79 Å². The molecule has 0 heterocycles. The molecular weight excluding hydrogens is 739 g/mol. The predicted octanol–water partition coefficient (Wildman–Crippen LogP) is 16.5. The van der Waals surface area contributed by atoms with E-state index in [4.69, 9.17) is 0 Å². The number of nitrogens with one attached hydrogen (secondary N) is 1. The largest absolute Gasteiger partial charge is 0.394 e. The van der Waals surface area contributed by atoms with E-state index in [1.807, 2.05) is 0 Å². The summed E-state index contributed by atoms with van der Waals surface area (Å²) < 4.78 is 0. The second-order valence-corrected chi connectivity index (χ2v) is 18.8. The van der Waals surface area contributed by atoms with Crippen LogP contribution in [0.25, 0.3) is 0 Å². The van der Waals surface area contributed by atoms with Gasteiger partial charge in [0.15, 0.2) is 0 Å². The monoisotopic (exact) mass is 846 g/mol. The summed E-state index contributed by atoms with van der Waals surface area (Å²) in [5.41, 5.74) is 0. The summed E-state index contributed by atoms with van der Waals surface area (Å²) in [6, 6.07) is -0.811. The smallest absolute Gasteiger partial charge is 0.220 e. The number of amides is 1. The van der Waals surface area contributed by atoms with E-state index in [1.165, 1.54) is 225 Å². The zero-order valence-electron chi connectivity index (χ0n) is 40.6. The van der Waals surface area contributed by atoms with Gasteiger partial charge >= 0.3 is 0 Å². The van der Waals surface area contributed by atoms with Crippen molar-refractivity contribution >= 4 is 5.91 Å². The second-order valence-electron chi connectivity index (χ2n) is 18.8. The van der Waals surface area contributed by atoms with Gasteiger partial charge in [0.25, 0.3) is 0 Å². The normalized spacial score (nSPS) is 13.5. The van der Waals surface area contributed by atoms with Gasteiger partial charge in [-0.15, -0.1) is 0 Å². The molecular formula is C55H107NO4. The van der Waals surface area contributed by atoms with Crippen molar-refractivity contribution in [3.05, 3.63) is 24.3 Å². The molecule has 0 aromatic carbocycles. The molecule has 0 aliphatic heterocycles. The Labute approximate surface area is 375 Å². The van der Waals surface area contributed by atoms with Gasteiger partial charge in [-0.3, -0.25) is 4.79 Å². The Morgan fingerprint density at radius 2 is 0.717 bits per heavy atom. The maximum atomic E-state index is 12.5. The Morgan fingerprint density at radius 1 is 0.417 bits per heavy atom. The molecule has 0 fully saturated rings. The highest BCUT2D eigenvalue weighted by molar-refractivity contribution is 5.76. The highest BCUT2D eigenvalue weighted by Crippen LogP contribution is 2.17. The molecule has 5 nitrogen and oxygen atoms in total. The van der Waals surface area contributed by atoms with E-state index >= 15 is 0 Å². The Bertz CT molecular complexity index is 890. The number of unbranched alkanes of at least 4 members (excludes halogenated alkanes) is 38. The first kappa shape index (κ1) is 58.8. The number of carbonyl (C=O) groups excluding carboxylic acids is 1. The van der Waals surface area contributed by atoms with E-state index in [0.717, 1.165) is 44.9 Å². The van der Waals surface area contributed by atoms with Crippen molar-refractivity contribution in [2.45, 2.75) is 315 Å². The van der Waals surface area contributed by atoms with Crippen molar-refractivity contribution in [3.63, 3.8) is 0 Å². The van der Waals surface area contributed by atoms with Crippen molar-refractivity contribution in [2.24, 2.45) is 0 Å². The number of allylic oxidation sites excluding steroid dienone is 4. The van der Waals surface area contributed by atoms with E-state index in [2.05, 4.69) is 43.5 Å². The van der Waals surface area contributed by atoms with Crippen molar-refractivity contribution in [2.75, 3.05) is 6.61 Å². The van der Waals surface area contributed by atoms with Gasteiger partial charge in [0.2, 0.25) is 5.91 Å². The van der Waals surface area contributed by atoms with Crippen molar-refractivity contribution in [1.29, 1.82) is 0 Å². The van der Waals surface area contributed by atoms with Crippen molar-refractivity contribution in [1.82, 2.24) is 5.32 Å². The molecule has 0 aromatic heterocycles. The number of carbonyl (C=O) groups is 1. The lowest BCUT2D eigenvalue weighted by atomic mass is 9.99. The van der Waals surface area contributed by atoms with Gasteiger partial charge < -0.3 is 20.6 Å². The first-order chi connectivity index (χ1) is 29.6. The van der Waals surface area contributed by atoms with Crippen LogP contribution in [0.4, 0.5) is 0 Å². The van der Waals surface area contributed by atoms with E-state index in [0.29, 0.717) is 12.8 Å². The molecule has 0 bridgehead atoms. The van der Waals surface area contributed by atoms with Crippen LogP contribution >= 0.6 is 0 Å². The molecule has 0 rings (SSSR count). The molecule has 0 spiro atoms. The standard InChI is InChI=1S/C55H107NO4/c1-3-5-7-9-11-13-15-17-19-21-23-25-26-27-28-30-32-34-36-38-40-42-44-46-48-50-54(59)56-52(51-57)55(60)53(58)49-47-45-43-41-39-37-35-33-31-29-24-22-20-18-16-14-12-10-8-6-4-2/h23,25,27-28,52-53,55,57-58,60H,3-22,24,26,29-51H2,1-2H3,(H,56,59)/b25-23-,28-27-. The van der Waals surface area contributed by atoms with Gasteiger partial charge in [0, 0.05) is 6.42 Å². The fourth-order valence-corrected chi connectivity index (χ4v) is 8.61. The summed E-state index contributed by atoms with van der Waals surface area (Å²) in [5, 5.41) is 33.8. The summed E-state index contributed by atoms with van der Waals surface area (Å²) in [7, 11) is 0. The van der Waals surface area contributed by atoms with Gasteiger partial charge in [0.05, 0.1) is 18.8 Å². The summed E-state index contributed by atoms with van der Waals surface area (Å²) in [4.78, 5) is 12.5. The molecule has 3 atom stereocenters. The Balaban J connectivity index is 3.56. The minimum absolute atomic E-state index is 0.145. The van der Waals surface area contributed by atoms with Crippen LogP contribution in [-0.4, -0.2) is 46.1 Å². The highest BCUT2D eigenvalue weighted by Gasteiger charge is 2.26. The molecule has 1 amide bonds. The summed E-state index contributed by atoms with van der Waals surface area (Å²) >= 11 is 0. The fraction of sp³-hybridized carbons (Fsp3) is 0.909. The summed E-state index contributed by atoms with van der Waals surface area (Å²) in [5.74, 6) is -0.145. The molecule has 4 N–H and O–H groups in total. The van der Waals surface area contributed by atoms with Gasteiger partial charge in [-0.05, 0) is 44.9 Å². The van der Waals surface area contributed by atoms with Crippen LogP contribution in [0, 0.1) is 0 Å². The van der Waals surface area contributed by atoms with E-state index in [1.54, 1.807) is 0 Å². The lowest BCUT2D eigenvalue weighted by Gasteiger charge is -2.26. The van der Waals surface area contributed by atoms with Gasteiger partial charge in [0.1, 0.15) is 6.10 Å². The van der Waals surface area contributed by atoms with Crippen molar-refractivity contribution < 1.29 is 20.1 Å². The predicted molar refractivity (Wildman–Crippen MR) is 264 cm³/mol. The third-order valence-electron chi connectivity index (χ3n) is 12.8. The minimum atomic E-state index is -1.14. The SMILES string of the molecule is CCCCCCCCCCC/C=C\C/C=C\CCCCCCCCCCCC(=O)NC(CO)C(O)C(O)CCCCCCCCCCCCCCCCCCCCCCC. The first-order valence-electron chi connectivity index (χ1n) is 27.1. The molecule has 0 radical (unpaired) electrons. The molecule has 0 aliphatic carbocycles. The second kappa shape index (κ2) is 50.5. The summed E-state index contributed by atoms with van der Waals surface area (Å²) in [6.07, 6.45) is 63.1. The molecule has 0 saturated carbocycles. The molecule has 0 saturated heterocycles. The lowest BCUT2D eigenvalue weighted by molar-refractivity contribution is -0.124. The first-order valence-corrected chi connectivity index (χ1v) is 27.1. The van der Waals surface area contributed by atoms with Gasteiger partial charge in [-0.2, -0.15) is 0 Å². The molecule has 356 valence electrons. The van der Waals surface area contributed by atoms with Crippen LogP contribution in [0.2, 0.25) is 0 Å². The van der Waals surface area contributed by atoms with E-state index in [9.17, 15) is 20.1 Å².